The fourth-order valence-electron chi connectivity index (χ4n) is 8.37. The summed E-state index contributed by atoms with van der Waals surface area (Å²) in [6.45, 7) is 0. The Morgan fingerprint density at radius 1 is 0.224 bits per heavy atom. The van der Waals surface area contributed by atoms with Gasteiger partial charge in [0.15, 0.2) is 69.0 Å². The zero-order valence-corrected chi connectivity index (χ0v) is 33.7. The Labute approximate surface area is 373 Å². The van der Waals surface area contributed by atoms with Crippen molar-refractivity contribution in [2.75, 3.05) is 4.90 Å². The Morgan fingerprint density at radius 2 is 0.478 bits per heavy atom. The number of aromatic hydroxyl groups is 18. The molecule has 19 nitrogen and oxygen atoms in total. The van der Waals surface area contributed by atoms with Gasteiger partial charge >= 0.3 is 0 Å². The SMILES string of the molecule is Oc1c(O)c(O)c(-c2c(O)c(O)c(N(c3ccc(-c4ccc5c6ccccc6c6ccccc6c5c4)cc3)c3c(O)c(O)c(-c4c(O)c(O)c(O)c(O)c4O)c(O)c3O)c(O)c2O)c(O)c1O. The minimum atomic E-state index is -1.56. The third kappa shape index (κ3) is 5.85. The minimum absolute atomic E-state index is 0.341. The predicted molar refractivity (Wildman–Crippen MR) is 240 cm³/mol. The van der Waals surface area contributed by atoms with Crippen molar-refractivity contribution in [1.82, 2.24) is 0 Å². The number of anilines is 3. The number of rotatable bonds is 6. The van der Waals surface area contributed by atoms with Crippen LogP contribution < -0.4 is 4.90 Å². The zero-order chi connectivity index (χ0) is 48.2. The van der Waals surface area contributed by atoms with Crippen molar-refractivity contribution in [3.05, 3.63) is 91.0 Å². The molecule has 0 heterocycles. The van der Waals surface area contributed by atoms with E-state index in [0.29, 0.717) is 16.0 Å². The van der Waals surface area contributed by atoms with Crippen molar-refractivity contribution < 1.29 is 91.9 Å². The van der Waals surface area contributed by atoms with Gasteiger partial charge in [0.05, 0.1) is 22.3 Å². The van der Waals surface area contributed by atoms with Gasteiger partial charge in [-0.1, -0.05) is 72.8 Å². The van der Waals surface area contributed by atoms with Gasteiger partial charge in [-0.2, -0.15) is 0 Å². The molecular formula is C48H33NO18. The molecule has 0 aliphatic carbocycles. The van der Waals surface area contributed by atoms with Gasteiger partial charge < -0.3 is 91.9 Å². The van der Waals surface area contributed by atoms with E-state index in [-0.39, 0.29) is 5.69 Å². The molecule has 9 rings (SSSR count). The molecule has 9 aromatic rings. The van der Waals surface area contributed by atoms with Gasteiger partial charge in [0.1, 0.15) is 11.4 Å². The molecule has 0 bridgehead atoms. The molecule has 338 valence electrons. The normalized spacial score (nSPS) is 11.5. The highest BCUT2D eigenvalue weighted by molar-refractivity contribution is 6.25. The summed E-state index contributed by atoms with van der Waals surface area (Å²) in [5, 5.41) is 202. The number of hydrogen-bond acceptors (Lipinski definition) is 19. The van der Waals surface area contributed by atoms with Crippen LogP contribution in [0, 0.1) is 0 Å². The van der Waals surface area contributed by atoms with E-state index in [9.17, 15) is 91.9 Å². The molecule has 0 saturated heterocycles. The molecule has 0 aromatic heterocycles. The van der Waals surface area contributed by atoms with Crippen molar-refractivity contribution in [2.24, 2.45) is 0 Å². The number of fused-ring (bicyclic) bond motifs is 6. The molecule has 0 fully saturated rings. The summed E-state index contributed by atoms with van der Waals surface area (Å²) in [7, 11) is 0. The molecule has 0 unspecified atom stereocenters. The minimum Gasteiger partial charge on any atom is -0.504 e. The lowest BCUT2D eigenvalue weighted by Gasteiger charge is -2.30. The molecule has 18 N–H and O–H groups in total. The van der Waals surface area contributed by atoms with E-state index in [4.69, 9.17) is 0 Å². The van der Waals surface area contributed by atoms with Crippen molar-refractivity contribution in [3.8, 4) is 137 Å². The van der Waals surface area contributed by atoms with Crippen LogP contribution in [0.25, 0.3) is 65.7 Å². The number of nitrogens with zero attached hydrogens (tertiary/aromatic N) is 1. The van der Waals surface area contributed by atoms with E-state index >= 15 is 0 Å². The van der Waals surface area contributed by atoms with E-state index in [2.05, 4.69) is 0 Å². The first-order chi connectivity index (χ1) is 31.8. The van der Waals surface area contributed by atoms with E-state index in [0.717, 1.165) is 32.3 Å². The van der Waals surface area contributed by atoms with Crippen LogP contribution in [0.1, 0.15) is 0 Å². The second-order valence-corrected chi connectivity index (χ2v) is 15.2. The quantitative estimate of drug-likeness (QED) is 0.0423. The molecule has 0 aliphatic heterocycles. The fraction of sp³-hybridized carbons (Fsp3) is 0. The van der Waals surface area contributed by atoms with Crippen LogP contribution in [0.5, 0.6) is 103 Å². The molecule has 0 aliphatic rings. The Morgan fingerprint density at radius 3 is 0.806 bits per heavy atom. The summed E-state index contributed by atoms with van der Waals surface area (Å²) in [5.74, 6) is -27.3. The fourth-order valence-corrected chi connectivity index (χ4v) is 8.37. The van der Waals surface area contributed by atoms with E-state index < -0.39 is 137 Å². The standard InChI is InChI=1S/C48H33NO18/c50-31-25(27-35(54)43(62)47(66)44(63)36(27)55)32(51)40(59)29(39(31)58)49(30-41(60)33(52)26(34(53)42(30)61)28-37(56)45(64)48(67)46(65)38(28)57)18-12-9-16(10-13-18)17-11-14-23-21-7-2-1-5-19(21)20-6-3-4-8-22(20)24(23)15-17/h1-15,50-67H. The summed E-state index contributed by atoms with van der Waals surface area (Å²) in [4.78, 5) is 0.461. The Hall–Kier alpha value is -10.0. The lowest BCUT2D eigenvalue weighted by Crippen LogP contribution is -2.12. The molecule has 0 spiro atoms. The van der Waals surface area contributed by atoms with Gasteiger partial charge in [-0.15, -0.1) is 0 Å². The van der Waals surface area contributed by atoms with Crippen molar-refractivity contribution in [3.63, 3.8) is 0 Å². The number of hydrogen-bond donors (Lipinski definition) is 18. The second-order valence-electron chi connectivity index (χ2n) is 15.2. The third-order valence-electron chi connectivity index (χ3n) is 11.6. The smallest absolute Gasteiger partial charge is 0.208 e. The summed E-state index contributed by atoms with van der Waals surface area (Å²) < 4.78 is 0. The first kappa shape index (κ1) is 42.3. The predicted octanol–water partition coefficient (Wildman–Crippen LogP) is 8.32. The van der Waals surface area contributed by atoms with Crippen molar-refractivity contribution >= 4 is 49.4 Å². The first-order valence-electron chi connectivity index (χ1n) is 19.4. The highest BCUT2D eigenvalue weighted by atomic mass is 16.4. The van der Waals surface area contributed by atoms with Gasteiger partial charge in [-0.3, -0.25) is 4.90 Å². The molecule has 0 radical (unpaired) electrons. The van der Waals surface area contributed by atoms with Crippen LogP contribution in [0.3, 0.4) is 0 Å². The highest BCUT2D eigenvalue weighted by Crippen LogP contribution is 2.68. The number of benzene rings is 9. The van der Waals surface area contributed by atoms with Crippen molar-refractivity contribution in [1.29, 1.82) is 0 Å². The van der Waals surface area contributed by atoms with Gasteiger partial charge in [0.25, 0.3) is 0 Å². The molecule has 0 atom stereocenters. The lowest BCUT2D eigenvalue weighted by atomic mass is 9.92. The monoisotopic (exact) mass is 911 g/mol. The van der Waals surface area contributed by atoms with Gasteiger partial charge in [-0.05, 0) is 61.6 Å². The van der Waals surface area contributed by atoms with Crippen LogP contribution in [-0.2, 0) is 0 Å². The van der Waals surface area contributed by atoms with Crippen LogP contribution in [0.2, 0.25) is 0 Å². The maximum Gasteiger partial charge on any atom is 0.208 e. The average Bonchev–Trinajstić information content (AvgIpc) is 3.34. The first-order valence-corrected chi connectivity index (χ1v) is 19.4. The molecule has 0 amide bonds. The molecule has 67 heavy (non-hydrogen) atoms. The van der Waals surface area contributed by atoms with Crippen LogP contribution in [-0.4, -0.2) is 91.9 Å². The summed E-state index contributed by atoms with van der Waals surface area (Å²) in [6, 6.07) is 26.9. The van der Waals surface area contributed by atoms with E-state index in [1.807, 2.05) is 66.7 Å². The Bertz CT molecular complexity index is 3340. The van der Waals surface area contributed by atoms with Crippen LogP contribution in [0.15, 0.2) is 91.0 Å². The van der Waals surface area contributed by atoms with Crippen molar-refractivity contribution in [2.45, 2.75) is 0 Å². The molecule has 19 heteroatoms. The summed E-state index contributed by atoms with van der Waals surface area (Å²) in [5.41, 5.74) is -6.64. The second kappa shape index (κ2) is 14.8. The van der Waals surface area contributed by atoms with Gasteiger partial charge in [-0.25, -0.2) is 0 Å². The zero-order valence-electron chi connectivity index (χ0n) is 33.7. The molecule has 0 saturated carbocycles. The topological polar surface area (TPSA) is 367 Å². The van der Waals surface area contributed by atoms with E-state index in [1.165, 1.54) is 24.3 Å². The summed E-state index contributed by atoms with van der Waals surface area (Å²) in [6.07, 6.45) is 0. The largest absolute Gasteiger partial charge is 0.504 e. The third-order valence-corrected chi connectivity index (χ3v) is 11.6. The van der Waals surface area contributed by atoms with Gasteiger partial charge in [0.2, 0.25) is 34.5 Å². The highest BCUT2D eigenvalue weighted by Gasteiger charge is 2.39. The molecular weight excluding hydrogens is 879 g/mol. The maximum atomic E-state index is 11.7. The maximum absolute atomic E-state index is 11.7. The Balaban J connectivity index is 1.30. The van der Waals surface area contributed by atoms with E-state index in [1.54, 1.807) is 0 Å². The number of phenols is 18. The molecule has 9 aromatic carbocycles. The summed E-state index contributed by atoms with van der Waals surface area (Å²) >= 11 is 0. The Kier molecular flexibility index (Phi) is 9.32. The van der Waals surface area contributed by atoms with Gasteiger partial charge in [0, 0.05) is 5.69 Å². The number of phenolic OH excluding ortho intramolecular Hbond substituents is 18. The van der Waals surface area contributed by atoms with Crippen LogP contribution in [0.4, 0.5) is 17.1 Å². The lowest BCUT2D eigenvalue weighted by molar-refractivity contribution is 0.329. The van der Waals surface area contributed by atoms with Crippen LogP contribution >= 0.6 is 0 Å². The average molecular weight is 912 g/mol.